The fourth-order valence-corrected chi connectivity index (χ4v) is 1.72. The van der Waals surface area contributed by atoms with Crippen LogP contribution in [0, 0.1) is 11.6 Å². The van der Waals surface area contributed by atoms with E-state index in [1.54, 1.807) is 0 Å². The predicted octanol–water partition coefficient (Wildman–Crippen LogP) is 5.08. The average molecular weight is 335 g/mol. The highest BCUT2D eigenvalue weighted by Gasteiger charge is 2.30. The molecule has 0 atom stereocenters. The topological polar surface area (TPSA) is 24.4 Å². The molecule has 1 N–H and O–H groups in total. The highest BCUT2D eigenvalue weighted by Crippen LogP contribution is 2.33. The van der Waals surface area contributed by atoms with Gasteiger partial charge in [0.1, 0.15) is 0 Å². The molecule has 2 nitrogen and oxygen atoms in total. The molecule has 0 bridgehead atoms. The SMILES string of the molecule is Fc1ccc(/C=N/Nc2cc(C(F)(F)F)ccc2Cl)cc1F. The Labute approximate surface area is 127 Å². The molecule has 22 heavy (non-hydrogen) atoms. The van der Waals surface area contributed by atoms with Gasteiger partial charge in [0.2, 0.25) is 0 Å². The third-order valence-corrected chi connectivity index (χ3v) is 2.97. The van der Waals surface area contributed by atoms with Gasteiger partial charge in [-0.25, -0.2) is 8.78 Å². The van der Waals surface area contributed by atoms with Crippen LogP contribution in [0.15, 0.2) is 41.5 Å². The summed E-state index contributed by atoms with van der Waals surface area (Å²) < 4.78 is 63.5. The molecule has 0 aliphatic rings. The first-order chi connectivity index (χ1) is 10.3. The van der Waals surface area contributed by atoms with Crippen LogP contribution in [0.3, 0.4) is 0 Å². The zero-order valence-electron chi connectivity index (χ0n) is 10.8. The summed E-state index contributed by atoms with van der Waals surface area (Å²) in [5, 5.41) is 3.69. The lowest BCUT2D eigenvalue weighted by Gasteiger charge is -2.09. The molecule has 2 aromatic rings. The fraction of sp³-hybridized carbons (Fsp3) is 0.0714. The van der Waals surface area contributed by atoms with E-state index >= 15 is 0 Å². The van der Waals surface area contributed by atoms with E-state index < -0.39 is 23.4 Å². The Morgan fingerprint density at radius 1 is 1.00 bits per heavy atom. The van der Waals surface area contributed by atoms with Crippen molar-refractivity contribution in [3.8, 4) is 0 Å². The number of rotatable bonds is 3. The Hall–Kier alpha value is -2.15. The maximum absolute atomic E-state index is 13.0. The van der Waals surface area contributed by atoms with Crippen LogP contribution in [-0.2, 0) is 6.18 Å². The second-order valence-corrected chi connectivity index (χ2v) is 4.64. The minimum atomic E-state index is -4.51. The van der Waals surface area contributed by atoms with Crippen molar-refractivity contribution >= 4 is 23.5 Å². The van der Waals surface area contributed by atoms with Crippen LogP contribution >= 0.6 is 11.6 Å². The van der Waals surface area contributed by atoms with Crippen LogP contribution in [0.2, 0.25) is 5.02 Å². The number of benzene rings is 2. The molecular formula is C14H8ClF5N2. The molecule has 0 saturated heterocycles. The van der Waals surface area contributed by atoms with Gasteiger partial charge >= 0.3 is 6.18 Å². The first-order valence-corrected chi connectivity index (χ1v) is 6.26. The first kappa shape index (κ1) is 16.2. The van der Waals surface area contributed by atoms with Crippen molar-refractivity contribution in [2.24, 2.45) is 5.10 Å². The van der Waals surface area contributed by atoms with Crippen LogP contribution in [0.25, 0.3) is 0 Å². The van der Waals surface area contributed by atoms with E-state index in [1.807, 2.05) is 0 Å². The van der Waals surface area contributed by atoms with Crippen LogP contribution in [0.4, 0.5) is 27.6 Å². The zero-order valence-corrected chi connectivity index (χ0v) is 11.5. The summed E-state index contributed by atoms with van der Waals surface area (Å²) in [6, 6.07) is 5.79. The van der Waals surface area contributed by atoms with E-state index in [4.69, 9.17) is 11.6 Å². The Bertz CT molecular complexity index is 713. The number of halogens is 6. The molecule has 0 aliphatic heterocycles. The van der Waals surface area contributed by atoms with E-state index in [9.17, 15) is 22.0 Å². The quantitative estimate of drug-likeness (QED) is 0.472. The van der Waals surface area contributed by atoms with E-state index in [1.165, 1.54) is 6.07 Å². The second-order valence-electron chi connectivity index (χ2n) is 4.24. The molecule has 0 aromatic heterocycles. The monoisotopic (exact) mass is 334 g/mol. The molecule has 0 unspecified atom stereocenters. The van der Waals surface area contributed by atoms with Gasteiger partial charge in [0.15, 0.2) is 11.6 Å². The average Bonchev–Trinajstić information content (AvgIpc) is 2.43. The van der Waals surface area contributed by atoms with E-state index in [0.717, 1.165) is 36.5 Å². The number of hydrogen-bond acceptors (Lipinski definition) is 2. The van der Waals surface area contributed by atoms with Gasteiger partial charge in [-0.15, -0.1) is 0 Å². The summed E-state index contributed by atoms with van der Waals surface area (Å²) in [7, 11) is 0. The minimum Gasteiger partial charge on any atom is -0.277 e. The van der Waals surface area contributed by atoms with Gasteiger partial charge in [-0.05, 0) is 35.9 Å². The van der Waals surface area contributed by atoms with Crippen LogP contribution in [0.1, 0.15) is 11.1 Å². The smallest absolute Gasteiger partial charge is 0.277 e. The Morgan fingerprint density at radius 3 is 2.36 bits per heavy atom. The van der Waals surface area contributed by atoms with Gasteiger partial charge in [0, 0.05) is 0 Å². The van der Waals surface area contributed by atoms with Crippen molar-refractivity contribution in [1.29, 1.82) is 0 Å². The molecule has 2 aromatic carbocycles. The van der Waals surface area contributed by atoms with Gasteiger partial charge in [-0.2, -0.15) is 18.3 Å². The molecule has 0 spiro atoms. The maximum atomic E-state index is 13.0. The van der Waals surface area contributed by atoms with Gasteiger partial charge < -0.3 is 0 Å². The van der Waals surface area contributed by atoms with Crippen molar-refractivity contribution in [2.45, 2.75) is 6.18 Å². The van der Waals surface area contributed by atoms with Gasteiger partial charge in [-0.3, -0.25) is 5.43 Å². The number of nitrogens with zero attached hydrogens (tertiary/aromatic N) is 1. The molecular weight excluding hydrogens is 327 g/mol. The number of anilines is 1. The Kier molecular flexibility index (Phi) is 4.65. The summed E-state index contributed by atoms with van der Waals surface area (Å²) in [5.74, 6) is -2.06. The van der Waals surface area contributed by atoms with E-state index in [2.05, 4.69) is 10.5 Å². The van der Waals surface area contributed by atoms with Crippen molar-refractivity contribution in [3.63, 3.8) is 0 Å². The highest BCUT2D eigenvalue weighted by atomic mass is 35.5. The zero-order chi connectivity index (χ0) is 16.3. The lowest BCUT2D eigenvalue weighted by atomic mass is 10.2. The third kappa shape index (κ3) is 3.94. The lowest BCUT2D eigenvalue weighted by Crippen LogP contribution is -2.05. The van der Waals surface area contributed by atoms with Crippen LogP contribution < -0.4 is 5.43 Å². The largest absolute Gasteiger partial charge is 0.416 e. The van der Waals surface area contributed by atoms with Crippen molar-refractivity contribution in [3.05, 3.63) is 64.2 Å². The first-order valence-electron chi connectivity index (χ1n) is 5.88. The predicted molar refractivity (Wildman–Crippen MR) is 74.0 cm³/mol. The van der Waals surface area contributed by atoms with Crippen molar-refractivity contribution < 1.29 is 22.0 Å². The lowest BCUT2D eigenvalue weighted by molar-refractivity contribution is -0.137. The molecule has 0 radical (unpaired) electrons. The number of hydrazone groups is 1. The fourth-order valence-electron chi connectivity index (χ4n) is 1.56. The maximum Gasteiger partial charge on any atom is 0.416 e. The molecule has 0 saturated carbocycles. The normalized spacial score (nSPS) is 11.9. The van der Waals surface area contributed by atoms with Gasteiger partial charge in [0.05, 0.1) is 22.5 Å². The standard InChI is InChI=1S/C14H8ClF5N2/c15-10-3-2-9(14(18,19)20)6-13(10)22-21-7-8-1-4-11(16)12(17)5-8/h1-7,22H/b21-7+. The van der Waals surface area contributed by atoms with Crippen molar-refractivity contribution in [1.82, 2.24) is 0 Å². The summed E-state index contributed by atoms with van der Waals surface area (Å²) >= 11 is 5.76. The summed E-state index contributed by atoms with van der Waals surface area (Å²) in [4.78, 5) is 0. The Balaban J connectivity index is 2.17. The summed E-state index contributed by atoms with van der Waals surface area (Å²) in [5.41, 5.74) is 1.61. The minimum absolute atomic E-state index is 0.0374. The molecule has 0 fully saturated rings. The number of alkyl halides is 3. The number of hydrogen-bond donors (Lipinski definition) is 1. The third-order valence-electron chi connectivity index (χ3n) is 2.64. The molecule has 8 heteroatoms. The summed E-state index contributed by atoms with van der Waals surface area (Å²) in [6.45, 7) is 0. The molecule has 0 heterocycles. The highest BCUT2D eigenvalue weighted by molar-refractivity contribution is 6.33. The van der Waals surface area contributed by atoms with Crippen LogP contribution in [-0.4, -0.2) is 6.21 Å². The molecule has 0 aliphatic carbocycles. The second kappa shape index (κ2) is 6.31. The van der Waals surface area contributed by atoms with E-state index in [-0.39, 0.29) is 16.3 Å². The summed E-state index contributed by atoms with van der Waals surface area (Å²) in [6.07, 6.45) is -3.38. The van der Waals surface area contributed by atoms with Crippen LogP contribution in [0.5, 0.6) is 0 Å². The van der Waals surface area contributed by atoms with Gasteiger partial charge in [-0.1, -0.05) is 17.7 Å². The van der Waals surface area contributed by atoms with E-state index in [0.29, 0.717) is 0 Å². The number of nitrogens with one attached hydrogen (secondary N) is 1. The molecule has 2 rings (SSSR count). The van der Waals surface area contributed by atoms with Crippen molar-refractivity contribution in [2.75, 3.05) is 5.43 Å². The Morgan fingerprint density at radius 2 is 1.73 bits per heavy atom. The molecule has 116 valence electrons. The molecule has 0 amide bonds. The van der Waals surface area contributed by atoms with Gasteiger partial charge in [0.25, 0.3) is 0 Å².